The van der Waals surface area contributed by atoms with E-state index in [1.165, 1.54) is 36.0 Å². The molecule has 1 amide bonds. The number of halogens is 1. The van der Waals surface area contributed by atoms with Gasteiger partial charge in [0.25, 0.3) is 0 Å². The second kappa shape index (κ2) is 9.24. The van der Waals surface area contributed by atoms with E-state index in [4.69, 9.17) is 4.74 Å². The van der Waals surface area contributed by atoms with Crippen LogP contribution in [0.1, 0.15) is 18.4 Å². The molecule has 2 rings (SSSR count). The van der Waals surface area contributed by atoms with E-state index in [2.05, 4.69) is 5.32 Å². The fourth-order valence-electron chi connectivity index (χ4n) is 2.30. The Bertz CT molecular complexity index is 749. The standard InChI is InChI=1S/C19H20FNO4S/c1-12(26-16-9-7-15(25-2)8-10-16)18(22)21-11-17(19(23)24)13-3-5-14(20)6-4-13/h3-10,12,17H,11H2,1-2H3,(H,21,22)(H,23,24). The van der Waals surface area contributed by atoms with Crippen molar-refractivity contribution in [3.8, 4) is 5.75 Å². The fraction of sp³-hybridized carbons (Fsp3) is 0.263. The average Bonchev–Trinajstić information content (AvgIpc) is 2.63. The van der Waals surface area contributed by atoms with Gasteiger partial charge in [-0.05, 0) is 48.9 Å². The van der Waals surface area contributed by atoms with Gasteiger partial charge in [0, 0.05) is 11.4 Å². The van der Waals surface area contributed by atoms with Gasteiger partial charge in [-0.1, -0.05) is 12.1 Å². The lowest BCUT2D eigenvalue weighted by molar-refractivity contribution is -0.138. The number of ether oxygens (including phenoxy) is 1. The summed E-state index contributed by atoms with van der Waals surface area (Å²) in [6, 6.07) is 12.6. The van der Waals surface area contributed by atoms with Gasteiger partial charge in [-0.15, -0.1) is 11.8 Å². The van der Waals surface area contributed by atoms with Crippen LogP contribution < -0.4 is 10.1 Å². The highest BCUT2D eigenvalue weighted by Crippen LogP contribution is 2.25. The maximum absolute atomic E-state index is 13.0. The first-order valence-corrected chi connectivity index (χ1v) is 8.85. The van der Waals surface area contributed by atoms with Gasteiger partial charge in [0.05, 0.1) is 18.3 Å². The third-order valence-electron chi connectivity index (χ3n) is 3.79. The Hall–Kier alpha value is -2.54. The largest absolute Gasteiger partial charge is 0.497 e. The van der Waals surface area contributed by atoms with Gasteiger partial charge in [0.2, 0.25) is 5.91 Å². The molecule has 0 fully saturated rings. The van der Waals surface area contributed by atoms with Crippen LogP contribution >= 0.6 is 11.8 Å². The number of carbonyl (C=O) groups is 2. The van der Waals surface area contributed by atoms with Crippen molar-refractivity contribution in [3.63, 3.8) is 0 Å². The van der Waals surface area contributed by atoms with E-state index >= 15 is 0 Å². The van der Waals surface area contributed by atoms with Gasteiger partial charge >= 0.3 is 5.97 Å². The first kappa shape index (κ1) is 19.8. The molecular formula is C19H20FNO4S. The number of hydrogen-bond acceptors (Lipinski definition) is 4. The number of benzene rings is 2. The van der Waals surface area contributed by atoms with Crippen molar-refractivity contribution in [1.82, 2.24) is 5.32 Å². The summed E-state index contributed by atoms with van der Waals surface area (Å²) >= 11 is 1.36. The minimum Gasteiger partial charge on any atom is -0.497 e. The van der Waals surface area contributed by atoms with Crippen molar-refractivity contribution in [1.29, 1.82) is 0 Å². The molecule has 0 aliphatic carbocycles. The maximum Gasteiger partial charge on any atom is 0.312 e. The summed E-state index contributed by atoms with van der Waals surface area (Å²) in [5, 5.41) is 11.6. The third kappa shape index (κ3) is 5.49. The van der Waals surface area contributed by atoms with Gasteiger partial charge < -0.3 is 15.2 Å². The zero-order valence-electron chi connectivity index (χ0n) is 14.4. The molecule has 0 bridgehead atoms. The van der Waals surface area contributed by atoms with E-state index in [-0.39, 0.29) is 12.5 Å². The number of nitrogens with one attached hydrogen (secondary N) is 1. The van der Waals surface area contributed by atoms with Crippen molar-refractivity contribution in [2.75, 3.05) is 13.7 Å². The van der Waals surface area contributed by atoms with Crippen LogP contribution in [0.5, 0.6) is 5.75 Å². The molecule has 0 heterocycles. The highest BCUT2D eigenvalue weighted by Gasteiger charge is 2.22. The summed E-state index contributed by atoms with van der Waals surface area (Å²) in [6.07, 6.45) is 0. The normalized spacial score (nSPS) is 12.9. The molecule has 2 aromatic rings. The number of carboxylic acids is 1. The molecule has 7 heteroatoms. The topological polar surface area (TPSA) is 75.6 Å². The van der Waals surface area contributed by atoms with Crippen LogP contribution in [-0.2, 0) is 9.59 Å². The Balaban J connectivity index is 1.93. The van der Waals surface area contributed by atoms with Crippen molar-refractivity contribution < 1.29 is 23.8 Å². The number of carboxylic acid groups (broad SMARTS) is 1. The highest BCUT2D eigenvalue weighted by molar-refractivity contribution is 8.00. The number of rotatable bonds is 8. The molecule has 0 radical (unpaired) electrons. The molecule has 2 N–H and O–H groups in total. The van der Waals surface area contributed by atoms with Crippen LogP contribution in [0.3, 0.4) is 0 Å². The molecule has 0 spiro atoms. The summed E-state index contributed by atoms with van der Waals surface area (Å²) in [5.74, 6) is -1.98. The molecule has 0 aliphatic heterocycles. The van der Waals surface area contributed by atoms with Gasteiger partial charge in [0.15, 0.2) is 0 Å². The zero-order chi connectivity index (χ0) is 19.1. The van der Waals surface area contributed by atoms with E-state index in [0.717, 1.165) is 10.6 Å². The monoisotopic (exact) mass is 377 g/mol. The summed E-state index contributed by atoms with van der Waals surface area (Å²) in [5.41, 5.74) is 0.440. The summed E-state index contributed by atoms with van der Waals surface area (Å²) in [4.78, 5) is 24.6. The van der Waals surface area contributed by atoms with Crippen molar-refractivity contribution in [2.24, 2.45) is 0 Å². The minimum atomic E-state index is -1.08. The molecule has 2 aromatic carbocycles. The quantitative estimate of drug-likeness (QED) is 0.691. The number of hydrogen-bond donors (Lipinski definition) is 2. The molecule has 138 valence electrons. The van der Waals surface area contributed by atoms with Crippen LogP contribution in [0.2, 0.25) is 0 Å². The Morgan fingerprint density at radius 1 is 1.15 bits per heavy atom. The zero-order valence-corrected chi connectivity index (χ0v) is 15.3. The van der Waals surface area contributed by atoms with Crippen LogP contribution in [-0.4, -0.2) is 35.9 Å². The molecule has 26 heavy (non-hydrogen) atoms. The van der Waals surface area contributed by atoms with E-state index in [9.17, 15) is 19.1 Å². The Kier molecular flexibility index (Phi) is 7.03. The van der Waals surface area contributed by atoms with Crippen LogP contribution in [0.4, 0.5) is 4.39 Å². The summed E-state index contributed by atoms with van der Waals surface area (Å²) in [6.45, 7) is 1.69. The van der Waals surface area contributed by atoms with Crippen molar-refractivity contribution >= 4 is 23.6 Å². The highest BCUT2D eigenvalue weighted by atomic mass is 32.2. The molecule has 0 aliphatic rings. The Morgan fingerprint density at radius 2 is 1.77 bits per heavy atom. The second-order valence-electron chi connectivity index (χ2n) is 5.62. The molecule has 5 nitrogen and oxygen atoms in total. The van der Waals surface area contributed by atoms with Crippen molar-refractivity contribution in [2.45, 2.75) is 23.0 Å². The van der Waals surface area contributed by atoms with Crippen LogP contribution in [0.15, 0.2) is 53.4 Å². The smallest absolute Gasteiger partial charge is 0.312 e. The van der Waals surface area contributed by atoms with Gasteiger partial charge in [-0.3, -0.25) is 9.59 Å². The molecule has 0 saturated carbocycles. The van der Waals surface area contributed by atoms with Gasteiger partial charge in [-0.2, -0.15) is 0 Å². The third-order valence-corrected chi connectivity index (χ3v) is 4.90. The molecule has 2 atom stereocenters. The lowest BCUT2D eigenvalue weighted by atomic mass is 9.99. The van der Waals surface area contributed by atoms with E-state index in [1.807, 2.05) is 24.3 Å². The predicted octanol–water partition coefficient (Wildman–Crippen LogP) is 3.30. The number of thioether (sulfide) groups is 1. The summed E-state index contributed by atoms with van der Waals surface area (Å²) in [7, 11) is 1.58. The number of amides is 1. The minimum absolute atomic E-state index is 0.0622. The Labute approximate surface area is 155 Å². The summed E-state index contributed by atoms with van der Waals surface area (Å²) < 4.78 is 18.1. The SMILES string of the molecule is COc1ccc(SC(C)C(=O)NCC(C(=O)O)c2ccc(F)cc2)cc1. The first-order valence-electron chi connectivity index (χ1n) is 7.97. The predicted molar refractivity (Wildman–Crippen MR) is 98.1 cm³/mol. The van der Waals surface area contributed by atoms with Gasteiger partial charge in [0.1, 0.15) is 11.6 Å². The number of methoxy groups -OCH3 is 1. The van der Waals surface area contributed by atoms with Crippen molar-refractivity contribution in [3.05, 3.63) is 59.9 Å². The molecular weight excluding hydrogens is 357 g/mol. The van der Waals surface area contributed by atoms with E-state index in [1.54, 1.807) is 14.0 Å². The number of carbonyl (C=O) groups excluding carboxylic acids is 1. The maximum atomic E-state index is 13.0. The first-order chi connectivity index (χ1) is 12.4. The average molecular weight is 377 g/mol. The number of aliphatic carboxylic acids is 1. The van der Waals surface area contributed by atoms with E-state index < -0.39 is 23.0 Å². The molecule has 0 saturated heterocycles. The lowest BCUT2D eigenvalue weighted by Gasteiger charge is -2.16. The second-order valence-corrected chi connectivity index (χ2v) is 7.04. The Morgan fingerprint density at radius 3 is 2.31 bits per heavy atom. The van der Waals surface area contributed by atoms with E-state index in [0.29, 0.717) is 5.56 Å². The van der Waals surface area contributed by atoms with Crippen LogP contribution in [0.25, 0.3) is 0 Å². The molecule has 2 unspecified atom stereocenters. The fourth-order valence-corrected chi connectivity index (χ4v) is 3.19. The lowest BCUT2D eigenvalue weighted by Crippen LogP contribution is -2.36. The molecule has 0 aromatic heterocycles. The van der Waals surface area contributed by atoms with Gasteiger partial charge in [-0.25, -0.2) is 4.39 Å². The van der Waals surface area contributed by atoms with Crippen LogP contribution in [0, 0.1) is 5.82 Å².